The van der Waals surface area contributed by atoms with E-state index in [1.807, 2.05) is 25.1 Å². The molecule has 308 valence electrons. The lowest BCUT2D eigenvalue weighted by Crippen LogP contribution is -2.57. The van der Waals surface area contributed by atoms with Crippen LogP contribution in [-0.4, -0.2) is 61.1 Å². The number of aliphatic imine (C=N–C) groups is 1. The molecule has 13 unspecified atom stereocenters. The second-order valence-corrected chi connectivity index (χ2v) is 20.2. The first-order valence-electron chi connectivity index (χ1n) is 22.7. The van der Waals surface area contributed by atoms with Gasteiger partial charge in [-0.1, -0.05) is 71.5 Å². The summed E-state index contributed by atoms with van der Waals surface area (Å²) in [5.74, 6) is 8.85. The number of aromatic amines is 2. The Morgan fingerprint density at radius 1 is 0.932 bits per heavy atom. The minimum atomic E-state index is -1.45. The van der Waals surface area contributed by atoms with Crippen LogP contribution in [0.25, 0.3) is 10.9 Å². The number of aromatic nitrogens is 2. The zero-order valence-electron chi connectivity index (χ0n) is 34.5. The first kappa shape index (κ1) is 37.7. The number of allylic oxidation sites excluding steroid dienone is 2. The monoisotopic (exact) mass is 791 g/mol. The van der Waals surface area contributed by atoms with Crippen molar-refractivity contribution in [3.8, 4) is 11.8 Å². The third-order valence-corrected chi connectivity index (χ3v) is 17.6. The lowest BCUT2D eigenvalue weighted by Gasteiger charge is -2.59. The molecule has 0 saturated heterocycles. The molecule has 0 amide bonds. The van der Waals surface area contributed by atoms with Gasteiger partial charge in [-0.15, -0.1) is 0 Å². The average molecular weight is 792 g/mol. The van der Waals surface area contributed by atoms with E-state index in [0.717, 1.165) is 56.9 Å². The van der Waals surface area contributed by atoms with Crippen molar-refractivity contribution in [1.29, 1.82) is 0 Å². The minimum absolute atomic E-state index is 0.0365. The molecule has 13 atom stereocenters. The average Bonchev–Trinajstić information content (AvgIpc) is 4.01. The van der Waals surface area contributed by atoms with Gasteiger partial charge >= 0.3 is 0 Å². The van der Waals surface area contributed by atoms with E-state index in [1.165, 1.54) is 41.6 Å². The van der Waals surface area contributed by atoms with Crippen molar-refractivity contribution in [2.75, 3.05) is 6.54 Å². The third-order valence-electron chi connectivity index (χ3n) is 17.6. The Morgan fingerprint density at radius 2 is 1.78 bits per heavy atom. The van der Waals surface area contributed by atoms with Crippen LogP contribution in [-0.2, 0) is 12.8 Å². The Bertz CT molecular complexity index is 2320. The molecule has 2 heterocycles. The molecule has 2 aromatic carbocycles. The lowest BCUT2D eigenvalue weighted by molar-refractivity contribution is -0.128. The molecule has 8 nitrogen and oxygen atoms in total. The number of aliphatic hydroxyl groups is 3. The molecule has 59 heavy (non-hydrogen) atoms. The van der Waals surface area contributed by atoms with Gasteiger partial charge in [0.15, 0.2) is 5.96 Å². The number of hydrogen-bond acceptors (Lipinski definition) is 4. The van der Waals surface area contributed by atoms with Crippen LogP contribution in [0.15, 0.2) is 95.1 Å². The molecule has 6 bridgehead atoms. The van der Waals surface area contributed by atoms with Crippen LogP contribution < -0.4 is 11.1 Å². The summed E-state index contributed by atoms with van der Waals surface area (Å²) in [6.07, 6.45) is 12.8. The van der Waals surface area contributed by atoms with Crippen LogP contribution in [0, 0.1) is 58.2 Å². The van der Waals surface area contributed by atoms with E-state index >= 15 is 0 Å². The first-order valence-corrected chi connectivity index (χ1v) is 22.7. The third kappa shape index (κ3) is 5.85. The van der Waals surface area contributed by atoms with Crippen LogP contribution in [0.1, 0.15) is 100 Å². The van der Waals surface area contributed by atoms with Gasteiger partial charge in [0.05, 0.1) is 23.3 Å². The zero-order valence-corrected chi connectivity index (χ0v) is 34.5. The number of fused-ring (bicyclic) bond motifs is 3. The van der Waals surface area contributed by atoms with Crippen LogP contribution in [0.4, 0.5) is 0 Å². The highest BCUT2D eigenvalue weighted by atomic mass is 16.3. The fraction of sp³-hybridized carbons (Fsp3) is 0.549. The van der Waals surface area contributed by atoms with Crippen molar-refractivity contribution in [2.45, 2.75) is 120 Å². The van der Waals surface area contributed by atoms with Gasteiger partial charge in [-0.2, -0.15) is 0 Å². The van der Waals surface area contributed by atoms with Crippen LogP contribution in [0.3, 0.4) is 0 Å². The van der Waals surface area contributed by atoms with E-state index in [-0.39, 0.29) is 46.8 Å². The molecular formula is C51H61N5O3. The topological polar surface area (TPSA) is 143 Å². The van der Waals surface area contributed by atoms with Gasteiger partial charge in [-0.25, -0.2) is 0 Å². The van der Waals surface area contributed by atoms with Gasteiger partial charge in [-0.3, -0.25) is 4.99 Å². The molecule has 8 N–H and O–H groups in total. The molecule has 4 aromatic rings. The van der Waals surface area contributed by atoms with E-state index in [4.69, 9.17) is 10.7 Å². The number of benzene rings is 2. The molecule has 2 aromatic heterocycles. The van der Waals surface area contributed by atoms with E-state index in [0.29, 0.717) is 30.8 Å². The summed E-state index contributed by atoms with van der Waals surface area (Å²) in [5.41, 5.74) is 12.1. The number of aliphatic hydroxyl groups excluding tert-OH is 1. The normalized spacial score (nSPS) is 40.9. The molecule has 6 saturated carbocycles. The minimum Gasteiger partial charge on any atom is -0.390 e. The summed E-state index contributed by atoms with van der Waals surface area (Å²) >= 11 is 0. The number of nitrogens with one attached hydrogen (secondary N) is 3. The maximum absolute atomic E-state index is 13.3. The second kappa shape index (κ2) is 13.9. The van der Waals surface area contributed by atoms with Gasteiger partial charge in [0.1, 0.15) is 0 Å². The number of nitrogens with two attached hydrogens (primary N) is 1. The molecule has 6 fully saturated rings. The fourth-order valence-electron chi connectivity index (χ4n) is 15.1. The van der Waals surface area contributed by atoms with Gasteiger partial charge in [0.25, 0.3) is 0 Å². The molecule has 8 aliphatic carbocycles. The summed E-state index contributed by atoms with van der Waals surface area (Å²) in [7, 11) is 0. The van der Waals surface area contributed by atoms with E-state index in [1.54, 1.807) is 11.1 Å². The van der Waals surface area contributed by atoms with E-state index in [9.17, 15) is 15.3 Å². The van der Waals surface area contributed by atoms with Crippen LogP contribution >= 0.6 is 0 Å². The SMILES string of the molecule is CC1(O)C2CCC3C4C1CC(O)C4(O)CC(NC(N)=NCCc1ccccc1)C#CC1CC45CCC(C4)C(c4ccc[nH]4)CCC5=C(Cc4cc5ccccc5[nH]4)C13C2. The second-order valence-electron chi connectivity index (χ2n) is 20.2. The van der Waals surface area contributed by atoms with Crippen molar-refractivity contribution < 1.29 is 15.3 Å². The predicted octanol–water partition coefficient (Wildman–Crippen LogP) is 7.54. The highest BCUT2D eigenvalue weighted by molar-refractivity contribution is 5.80. The fourth-order valence-corrected chi connectivity index (χ4v) is 15.1. The summed E-state index contributed by atoms with van der Waals surface area (Å²) in [6, 6.07) is 25.2. The number of rotatable bonds is 7. The Hall–Kier alpha value is -4.29. The van der Waals surface area contributed by atoms with Crippen molar-refractivity contribution in [1.82, 2.24) is 15.3 Å². The largest absolute Gasteiger partial charge is 0.390 e. The summed E-state index contributed by atoms with van der Waals surface area (Å²) < 4.78 is 0. The molecule has 0 radical (unpaired) electrons. The lowest BCUT2D eigenvalue weighted by atomic mass is 9.44. The number of para-hydroxylation sites is 1. The van der Waals surface area contributed by atoms with Gasteiger partial charge in [-0.05, 0) is 148 Å². The van der Waals surface area contributed by atoms with Crippen molar-refractivity contribution in [3.05, 3.63) is 107 Å². The Labute approximate surface area is 348 Å². The quantitative estimate of drug-likeness (QED) is 0.0449. The number of H-pyrrole nitrogens is 2. The maximum atomic E-state index is 13.3. The first-order chi connectivity index (χ1) is 28.6. The number of nitrogens with zero attached hydrogens (tertiary/aromatic N) is 1. The molecule has 0 aliphatic heterocycles. The highest BCUT2D eigenvalue weighted by Crippen LogP contribution is 2.74. The standard InChI is InChI=1S/C51H61N5O3/c1-48(58)34-14-17-40-46-42(48)26-45(57)51(46,59)30-36(56-47(52)54-23-20-31-8-3-2-4-9-31)15-13-35-28-49-21-19-33(27-49)38(44-12-7-22-53-44)16-18-39(49)41(50(35,40)29-34)25-37-24-32-10-5-6-11-43(32)55-37/h2-12,22,24,33-36,38,40,42,45-46,53,55,57-59H,14,16-21,23,25-30H2,1H3,(H3,52,54,56). The van der Waals surface area contributed by atoms with Crippen molar-refractivity contribution >= 4 is 16.9 Å². The Kier molecular flexibility index (Phi) is 8.86. The number of hydrogen-bond donors (Lipinski definition) is 7. The summed E-state index contributed by atoms with van der Waals surface area (Å²) in [6.45, 7) is 2.58. The summed E-state index contributed by atoms with van der Waals surface area (Å²) in [4.78, 5) is 12.2. The molecular weight excluding hydrogens is 731 g/mol. The predicted molar refractivity (Wildman–Crippen MR) is 232 cm³/mol. The molecule has 2 spiro atoms. The molecule has 12 rings (SSSR count). The Morgan fingerprint density at radius 3 is 2.61 bits per heavy atom. The molecule has 8 heteroatoms. The van der Waals surface area contributed by atoms with Gasteiger partial charge < -0.3 is 36.3 Å². The zero-order chi connectivity index (χ0) is 40.1. The number of guanidine groups is 1. The summed E-state index contributed by atoms with van der Waals surface area (Å²) in [5, 5.41) is 43.1. The van der Waals surface area contributed by atoms with Crippen LogP contribution in [0.2, 0.25) is 0 Å². The van der Waals surface area contributed by atoms with Crippen molar-refractivity contribution in [2.24, 2.45) is 57.1 Å². The van der Waals surface area contributed by atoms with Gasteiger partial charge in [0.2, 0.25) is 0 Å². The Balaban J connectivity index is 1.08. The van der Waals surface area contributed by atoms with E-state index < -0.39 is 23.3 Å². The van der Waals surface area contributed by atoms with Crippen molar-refractivity contribution in [3.63, 3.8) is 0 Å². The van der Waals surface area contributed by atoms with Gasteiger partial charge in [0, 0.05) is 59.7 Å². The smallest absolute Gasteiger partial charge is 0.189 e. The van der Waals surface area contributed by atoms with Crippen LogP contribution in [0.5, 0.6) is 0 Å². The molecule has 8 aliphatic rings. The highest BCUT2D eigenvalue weighted by Gasteiger charge is 2.72. The maximum Gasteiger partial charge on any atom is 0.189 e. The van der Waals surface area contributed by atoms with E-state index in [2.05, 4.69) is 87.9 Å².